The zero-order valence-corrected chi connectivity index (χ0v) is 11.5. The molecule has 1 atom stereocenters. The van der Waals surface area contributed by atoms with Crippen molar-refractivity contribution in [2.75, 3.05) is 6.54 Å². The van der Waals surface area contributed by atoms with Crippen molar-refractivity contribution < 1.29 is 0 Å². The molecule has 1 heterocycles. The van der Waals surface area contributed by atoms with E-state index in [4.69, 9.17) is 5.73 Å². The molecule has 0 saturated heterocycles. The highest BCUT2D eigenvalue weighted by atomic mass is 32.2. The smallest absolute Gasteiger partial charge is 0.0723 e. The van der Waals surface area contributed by atoms with Crippen LogP contribution in [0.15, 0.2) is 12.3 Å². The lowest BCUT2D eigenvalue weighted by molar-refractivity contribution is 0.464. The van der Waals surface area contributed by atoms with Crippen molar-refractivity contribution in [1.82, 2.24) is 9.78 Å². The van der Waals surface area contributed by atoms with Crippen LogP contribution >= 0.6 is 11.8 Å². The lowest BCUT2D eigenvalue weighted by atomic mass is 10.3. The highest BCUT2D eigenvalue weighted by Crippen LogP contribution is 2.29. The van der Waals surface area contributed by atoms with Crippen molar-refractivity contribution in [3.8, 4) is 0 Å². The average molecular weight is 253 g/mol. The van der Waals surface area contributed by atoms with E-state index in [1.165, 1.54) is 31.4 Å². The maximum Gasteiger partial charge on any atom is 0.0723 e. The molecule has 1 aromatic heterocycles. The van der Waals surface area contributed by atoms with Crippen molar-refractivity contribution in [1.29, 1.82) is 0 Å². The van der Waals surface area contributed by atoms with Gasteiger partial charge in [0.2, 0.25) is 0 Å². The Morgan fingerprint density at radius 2 is 2.29 bits per heavy atom. The van der Waals surface area contributed by atoms with Gasteiger partial charge in [-0.05, 0) is 31.9 Å². The monoisotopic (exact) mass is 253 g/mol. The first-order valence-electron chi connectivity index (χ1n) is 6.65. The maximum atomic E-state index is 5.55. The fourth-order valence-corrected chi connectivity index (χ4v) is 3.28. The van der Waals surface area contributed by atoms with Gasteiger partial charge in [-0.3, -0.25) is 4.68 Å². The molecule has 2 rings (SSSR count). The van der Waals surface area contributed by atoms with Crippen molar-refractivity contribution in [3.05, 3.63) is 18.0 Å². The predicted octanol–water partition coefficient (Wildman–Crippen LogP) is 2.97. The Hall–Kier alpha value is -0.480. The quantitative estimate of drug-likeness (QED) is 0.847. The Morgan fingerprint density at radius 3 is 3.00 bits per heavy atom. The highest BCUT2D eigenvalue weighted by Gasteiger charge is 2.17. The molecule has 0 spiro atoms. The van der Waals surface area contributed by atoms with Crippen LogP contribution in [-0.2, 0) is 5.75 Å². The molecule has 96 valence electrons. The molecule has 0 radical (unpaired) electrons. The molecule has 2 N–H and O–H groups in total. The second-order valence-corrected chi connectivity index (χ2v) is 6.35. The molecule has 17 heavy (non-hydrogen) atoms. The predicted molar refractivity (Wildman–Crippen MR) is 74.2 cm³/mol. The van der Waals surface area contributed by atoms with Gasteiger partial charge in [-0.1, -0.05) is 19.8 Å². The number of aromatic nitrogens is 2. The largest absolute Gasteiger partial charge is 0.330 e. The third-order valence-electron chi connectivity index (χ3n) is 3.45. The lowest BCUT2D eigenvalue weighted by Crippen LogP contribution is -2.08. The van der Waals surface area contributed by atoms with Gasteiger partial charge in [0.25, 0.3) is 0 Å². The van der Waals surface area contributed by atoms with Crippen molar-refractivity contribution >= 4 is 11.8 Å². The minimum atomic E-state index is 0.636. The van der Waals surface area contributed by atoms with Crippen LogP contribution in [0.5, 0.6) is 0 Å². The Labute approximate surface area is 108 Å². The van der Waals surface area contributed by atoms with Gasteiger partial charge in [0.15, 0.2) is 0 Å². The second-order valence-electron chi connectivity index (χ2n) is 4.92. The van der Waals surface area contributed by atoms with Crippen molar-refractivity contribution in [3.63, 3.8) is 0 Å². The Morgan fingerprint density at radius 1 is 1.53 bits per heavy atom. The Bertz CT molecular complexity index is 331. The Balaban J connectivity index is 1.81. The molecule has 1 unspecified atom stereocenters. The molecular formula is C13H23N3S. The van der Waals surface area contributed by atoms with Crippen LogP contribution in [0, 0.1) is 0 Å². The van der Waals surface area contributed by atoms with Gasteiger partial charge in [0, 0.05) is 17.2 Å². The molecule has 4 heteroatoms. The van der Waals surface area contributed by atoms with Crippen LogP contribution in [0.1, 0.15) is 50.8 Å². The highest BCUT2D eigenvalue weighted by molar-refractivity contribution is 7.99. The van der Waals surface area contributed by atoms with E-state index in [1.807, 2.05) is 11.8 Å². The fourth-order valence-electron chi connectivity index (χ4n) is 2.37. The first kappa shape index (κ1) is 13.0. The number of nitrogens with two attached hydrogens (primary N) is 1. The first-order chi connectivity index (χ1) is 8.29. The zero-order chi connectivity index (χ0) is 12.1. The van der Waals surface area contributed by atoms with Crippen molar-refractivity contribution in [2.24, 2.45) is 5.73 Å². The Kier molecular flexibility index (Phi) is 4.92. The van der Waals surface area contributed by atoms with E-state index in [1.54, 1.807) is 0 Å². The summed E-state index contributed by atoms with van der Waals surface area (Å²) in [6.45, 7) is 3.02. The summed E-state index contributed by atoms with van der Waals surface area (Å²) in [5.74, 6) is 1.01. The molecule has 3 nitrogen and oxygen atoms in total. The van der Waals surface area contributed by atoms with Crippen molar-refractivity contribution in [2.45, 2.75) is 56.1 Å². The van der Waals surface area contributed by atoms with Gasteiger partial charge >= 0.3 is 0 Å². The van der Waals surface area contributed by atoms with E-state index >= 15 is 0 Å². The van der Waals surface area contributed by atoms with E-state index < -0.39 is 0 Å². The SMILES string of the molecule is CC(CCN)SCc1ccn(C2CCCC2)n1. The number of rotatable bonds is 6. The summed E-state index contributed by atoms with van der Waals surface area (Å²) >= 11 is 1.95. The van der Waals surface area contributed by atoms with Gasteiger partial charge in [-0.25, -0.2) is 0 Å². The van der Waals surface area contributed by atoms with Crippen LogP contribution in [-0.4, -0.2) is 21.6 Å². The van der Waals surface area contributed by atoms with E-state index in [0.717, 1.165) is 18.7 Å². The molecular weight excluding hydrogens is 230 g/mol. The molecule has 0 bridgehead atoms. The van der Waals surface area contributed by atoms with Gasteiger partial charge < -0.3 is 5.73 Å². The maximum absolute atomic E-state index is 5.55. The van der Waals surface area contributed by atoms with Crippen LogP contribution in [0.4, 0.5) is 0 Å². The number of thioether (sulfide) groups is 1. The minimum absolute atomic E-state index is 0.636. The number of hydrogen-bond acceptors (Lipinski definition) is 3. The minimum Gasteiger partial charge on any atom is -0.330 e. The molecule has 1 fully saturated rings. The van der Waals surface area contributed by atoms with Gasteiger partial charge in [0.1, 0.15) is 0 Å². The van der Waals surface area contributed by atoms with Crippen LogP contribution in [0.2, 0.25) is 0 Å². The summed E-state index contributed by atoms with van der Waals surface area (Å²) in [5, 5.41) is 5.32. The van der Waals surface area contributed by atoms with Crippen LogP contribution < -0.4 is 5.73 Å². The van der Waals surface area contributed by atoms with Gasteiger partial charge in [0.05, 0.1) is 11.7 Å². The average Bonchev–Trinajstić information content (AvgIpc) is 2.97. The molecule has 1 aliphatic rings. The standard InChI is InChI=1S/C13H23N3S/c1-11(6-8-14)17-10-12-7-9-16(15-12)13-4-2-3-5-13/h7,9,11,13H,2-6,8,10,14H2,1H3. The normalized spacial score (nSPS) is 18.7. The lowest BCUT2D eigenvalue weighted by Gasteiger charge is -2.10. The molecule has 1 aromatic rings. The summed E-state index contributed by atoms with van der Waals surface area (Å²) in [6.07, 6.45) is 8.58. The first-order valence-corrected chi connectivity index (χ1v) is 7.70. The third kappa shape index (κ3) is 3.75. The topological polar surface area (TPSA) is 43.8 Å². The molecule has 0 aromatic carbocycles. The summed E-state index contributed by atoms with van der Waals surface area (Å²) in [4.78, 5) is 0. The van der Waals surface area contributed by atoms with E-state index in [9.17, 15) is 0 Å². The molecule has 0 amide bonds. The summed E-state index contributed by atoms with van der Waals surface area (Å²) in [6, 6.07) is 2.83. The summed E-state index contributed by atoms with van der Waals surface area (Å²) < 4.78 is 2.18. The van der Waals surface area contributed by atoms with E-state index in [2.05, 4.69) is 29.0 Å². The van der Waals surface area contributed by atoms with Gasteiger partial charge in [-0.15, -0.1) is 0 Å². The van der Waals surface area contributed by atoms with Crippen LogP contribution in [0.25, 0.3) is 0 Å². The summed E-state index contributed by atoms with van der Waals surface area (Å²) in [7, 11) is 0. The number of hydrogen-bond donors (Lipinski definition) is 1. The third-order valence-corrected chi connectivity index (χ3v) is 4.72. The molecule has 0 aliphatic heterocycles. The number of nitrogens with zero attached hydrogens (tertiary/aromatic N) is 2. The van der Waals surface area contributed by atoms with E-state index in [-0.39, 0.29) is 0 Å². The van der Waals surface area contributed by atoms with E-state index in [0.29, 0.717) is 11.3 Å². The molecule has 1 saturated carbocycles. The summed E-state index contributed by atoms with van der Waals surface area (Å²) in [5.41, 5.74) is 6.77. The fraction of sp³-hybridized carbons (Fsp3) is 0.769. The molecule has 1 aliphatic carbocycles. The second kappa shape index (κ2) is 6.45. The van der Waals surface area contributed by atoms with Crippen LogP contribution in [0.3, 0.4) is 0 Å². The zero-order valence-electron chi connectivity index (χ0n) is 10.6. The van der Waals surface area contributed by atoms with Gasteiger partial charge in [-0.2, -0.15) is 16.9 Å².